The van der Waals surface area contributed by atoms with Crippen molar-refractivity contribution in [2.45, 2.75) is 6.42 Å². The topological polar surface area (TPSA) is 77.6 Å². The van der Waals surface area contributed by atoms with Crippen molar-refractivity contribution in [3.8, 4) is 5.75 Å². The molecule has 1 rings (SSSR count). The SMILES string of the molecule is COCCOCCCOc1ccccc1C(=N)N. The second kappa shape index (κ2) is 8.49. The molecule has 0 aromatic heterocycles. The number of nitrogens with two attached hydrogens (primary N) is 1. The van der Waals surface area contributed by atoms with E-state index in [0.717, 1.165) is 6.42 Å². The molecule has 1 aromatic carbocycles. The minimum absolute atomic E-state index is 0.0157. The van der Waals surface area contributed by atoms with Crippen LogP contribution < -0.4 is 10.5 Å². The Balaban J connectivity index is 2.25. The molecule has 0 saturated heterocycles. The normalized spacial score (nSPS) is 10.3. The third-order valence-corrected chi connectivity index (χ3v) is 2.30. The summed E-state index contributed by atoms with van der Waals surface area (Å²) in [6.07, 6.45) is 0.788. The molecule has 0 amide bonds. The van der Waals surface area contributed by atoms with E-state index in [0.29, 0.717) is 37.7 Å². The van der Waals surface area contributed by atoms with Gasteiger partial charge in [-0.05, 0) is 12.1 Å². The van der Waals surface area contributed by atoms with Gasteiger partial charge < -0.3 is 19.9 Å². The van der Waals surface area contributed by atoms with E-state index in [9.17, 15) is 0 Å². The summed E-state index contributed by atoms with van der Waals surface area (Å²) < 4.78 is 15.8. The van der Waals surface area contributed by atoms with Crippen LogP contribution in [0.2, 0.25) is 0 Å². The van der Waals surface area contributed by atoms with E-state index in [1.807, 2.05) is 18.2 Å². The quantitative estimate of drug-likeness (QED) is 0.395. The van der Waals surface area contributed by atoms with E-state index in [1.54, 1.807) is 13.2 Å². The third kappa shape index (κ3) is 5.16. The second-order valence-corrected chi connectivity index (χ2v) is 3.72. The zero-order valence-electron chi connectivity index (χ0n) is 10.6. The second-order valence-electron chi connectivity index (χ2n) is 3.72. The average molecular weight is 252 g/mol. The maximum absolute atomic E-state index is 7.43. The fourth-order valence-corrected chi connectivity index (χ4v) is 1.40. The summed E-state index contributed by atoms with van der Waals surface area (Å²) in [4.78, 5) is 0. The lowest BCUT2D eigenvalue weighted by Gasteiger charge is -2.10. The molecule has 0 heterocycles. The number of para-hydroxylation sites is 1. The number of hydrogen-bond acceptors (Lipinski definition) is 4. The van der Waals surface area contributed by atoms with Gasteiger partial charge in [-0.25, -0.2) is 0 Å². The number of nitrogen functional groups attached to an aromatic ring is 1. The van der Waals surface area contributed by atoms with E-state index in [-0.39, 0.29) is 5.84 Å². The number of amidine groups is 1. The predicted octanol–water partition coefficient (Wildman–Crippen LogP) is 1.40. The van der Waals surface area contributed by atoms with Gasteiger partial charge in [0, 0.05) is 20.1 Å². The summed E-state index contributed by atoms with van der Waals surface area (Å²) in [5, 5.41) is 7.43. The molecule has 0 aliphatic rings. The van der Waals surface area contributed by atoms with Crippen molar-refractivity contribution >= 4 is 5.84 Å². The summed E-state index contributed by atoms with van der Waals surface area (Å²) in [6.45, 7) is 2.37. The Labute approximate surface area is 107 Å². The van der Waals surface area contributed by atoms with Gasteiger partial charge >= 0.3 is 0 Å². The number of benzene rings is 1. The van der Waals surface area contributed by atoms with Gasteiger partial charge in [-0.15, -0.1) is 0 Å². The van der Waals surface area contributed by atoms with Crippen molar-refractivity contribution in [1.29, 1.82) is 5.41 Å². The first-order valence-corrected chi connectivity index (χ1v) is 5.88. The molecule has 0 aliphatic heterocycles. The molecule has 0 unspecified atom stereocenters. The molecule has 0 radical (unpaired) electrons. The fourth-order valence-electron chi connectivity index (χ4n) is 1.40. The van der Waals surface area contributed by atoms with Crippen LogP contribution in [-0.2, 0) is 9.47 Å². The molecule has 3 N–H and O–H groups in total. The first-order valence-electron chi connectivity index (χ1n) is 5.88. The molecular formula is C13H20N2O3. The van der Waals surface area contributed by atoms with E-state index in [4.69, 9.17) is 25.4 Å². The van der Waals surface area contributed by atoms with Crippen LogP contribution in [0.15, 0.2) is 24.3 Å². The van der Waals surface area contributed by atoms with Crippen molar-refractivity contribution in [3.63, 3.8) is 0 Å². The Kier molecular flexibility index (Phi) is 6.83. The zero-order valence-corrected chi connectivity index (χ0v) is 10.6. The Morgan fingerprint density at radius 2 is 1.94 bits per heavy atom. The highest BCUT2D eigenvalue weighted by Gasteiger charge is 2.04. The highest BCUT2D eigenvalue weighted by Crippen LogP contribution is 2.17. The van der Waals surface area contributed by atoms with Crippen LogP contribution >= 0.6 is 0 Å². The number of nitrogens with one attached hydrogen (secondary N) is 1. The lowest BCUT2D eigenvalue weighted by Crippen LogP contribution is -2.14. The standard InChI is InChI=1S/C13H20N2O3/c1-16-9-10-17-7-4-8-18-12-6-3-2-5-11(12)13(14)15/h2-3,5-6H,4,7-10H2,1H3,(H3,14,15). The van der Waals surface area contributed by atoms with Crippen molar-refractivity contribution < 1.29 is 14.2 Å². The maximum atomic E-state index is 7.43. The highest BCUT2D eigenvalue weighted by molar-refractivity contribution is 5.97. The van der Waals surface area contributed by atoms with Crippen LogP contribution in [0.4, 0.5) is 0 Å². The third-order valence-electron chi connectivity index (χ3n) is 2.30. The van der Waals surface area contributed by atoms with E-state index in [2.05, 4.69) is 0 Å². The van der Waals surface area contributed by atoms with Crippen LogP contribution in [-0.4, -0.2) is 39.4 Å². The molecule has 0 spiro atoms. The Morgan fingerprint density at radius 3 is 2.67 bits per heavy atom. The van der Waals surface area contributed by atoms with Crippen molar-refractivity contribution in [2.75, 3.05) is 33.5 Å². The molecule has 100 valence electrons. The van der Waals surface area contributed by atoms with Gasteiger partial charge in [0.1, 0.15) is 11.6 Å². The Hall–Kier alpha value is -1.59. The van der Waals surface area contributed by atoms with Gasteiger partial charge in [0.2, 0.25) is 0 Å². The van der Waals surface area contributed by atoms with Gasteiger partial charge in [-0.3, -0.25) is 5.41 Å². The molecule has 5 heteroatoms. The Morgan fingerprint density at radius 1 is 1.17 bits per heavy atom. The monoisotopic (exact) mass is 252 g/mol. The fraction of sp³-hybridized carbons (Fsp3) is 0.462. The summed E-state index contributed by atoms with van der Waals surface area (Å²) in [6, 6.07) is 7.27. The van der Waals surface area contributed by atoms with E-state index in [1.165, 1.54) is 0 Å². The van der Waals surface area contributed by atoms with Crippen molar-refractivity contribution in [1.82, 2.24) is 0 Å². The van der Waals surface area contributed by atoms with E-state index >= 15 is 0 Å². The molecule has 1 aromatic rings. The molecule has 0 bridgehead atoms. The van der Waals surface area contributed by atoms with Crippen molar-refractivity contribution in [3.05, 3.63) is 29.8 Å². The molecule has 0 saturated carbocycles. The minimum Gasteiger partial charge on any atom is -0.493 e. The summed E-state index contributed by atoms with van der Waals surface area (Å²) >= 11 is 0. The van der Waals surface area contributed by atoms with Crippen LogP contribution in [0.25, 0.3) is 0 Å². The molecule has 0 atom stereocenters. The maximum Gasteiger partial charge on any atom is 0.130 e. The van der Waals surface area contributed by atoms with Crippen LogP contribution in [0.1, 0.15) is 12.0 Å². The van der Waals surface area contributed by atoms with Gasteiger partial charge in [0.15, 0.2) is 0 Å². The van der Waals surface area contributed by atoms with Gasteiger partial charge in [0.25, 0.3) is 0 Å². The van der Waals surface area contributed by atoms with E-state index < -0.39 is 0 Å². The lowest BCUT2D eigenvalue weighted by molar-refractivity contribution is 0.0644. The summed E-state index contributed by atoms with van der Waals surface area (Å²) in [5.74, 6) is 0.656. The predicted molar refractivity (Wildman–Crippen MR) is 70.3 cm³/mol. The minimum atomic E-state index is 0.0157. The van der Waals surface area contributed by atoms with Crippen LogP contribution in [0, 0.1) is 5.41 Å². The van der Waals surface area contributed by atoms with Gasteiger partial charge in [0.05, 0.1) is 25.4 Å². The lowest BCUT2D eigenvalue weighted by atomic mass is 10.2. The molecule has 0 aliphatic carbocycles. The first kappa shape index (κ1) is 14.5. The summed E-state index contributed by atoms with van der Waals surface area (Å²) in [7, 11) is 1.64. The largest absolute Gasteiger partial charge is 0.493 e. The number of ether oxygens (including phenoxy) is 3. The van der Waals surface area contributed by atoms with Crippen molar-refractivity contribution in [2.24, 2.45) is 5.73 Å². The van der Waals surface area contributed by atoms with Crippen LogP contribution in [0.3, 0.4) is 0 Å². The molecule has 0 fully saturated rings. The number of methoxy groups -OCH3 is 1. The molecule has 18 heavy (non-hydrogen) atoms. The van der Waals surface area contributed by atoms with Gasteiger partial charge in [-0.1, -0.05) is 12.1 Å². The first-order chi connectivity index (χ1) is 8.75. The smallest absolute Gasteiger partial charge is 0.130 e. The summed E-state index contributed by atoms with van der Waals surface area (Å²) in [5.41, 5.74) is 6.09. The number of rotatable bonds is 9. The van der Waals surface area contributed by atoms with Crippen LogP contribution in [0.5, 0.6) is 5.75 Å². The molecular weight excluding hydrogens is 232 g/mol. The number of hydrogen-bond donors (Lipinski definition) is 2. The zero-order chi connectivity index (χ0) is 13.2. The molecule has 5 nitrogen and oxygen atoms in total. The average Bonchev–Trinajstić information content (AvgIpc) is 2.38. The van der Waals surface area contributed by atoms with Gasteiger partial charge in [-0.2, -0.15) is 0 Å². The highest BCUT2D eigenvalue weighted by atomic mass is 16.5. The Bertz CT molecular complexity index is 369.